The summed E-state index contributed by atoms with van der Waals surface area (Å²) < 4.78 is 0. The van der Waals surface area contributed by atoms with E-state index >= 15 is 0 Å². The van der Waals surface area contributed by atoms with Gasteiger partial charge in [-0.05, 0) is 37.3 Å². The number of hydrogen-bond donors (Lipinski definition) is 2. The number of fused-ring (bicyclic) bond motifs is 1. The first kappa shape index (κ1) is 9.69. The third kappa shape index (κ3) is 1.35. The van der Waals surface area contributed by atoms with E-state index in [1.165, 1.54) is 5.56 Å². The molecule has 0 spiro atoms. The van der Waals surface area contributed by atoms with Gasteiger partial charge in [0.1, 0.15) is 5.60 Å². The number of nitrogens with two attached hydrogens (primary N) is 1. The summed E-state index contributed by atoms with van der Waals surface area (Å²) in [5.41, 5.74) is 7.33. The highest BCUT2D eigenvalue weighted by atomic mass is 16.3. The van der Waals surface area contributed by atoms with Gasteiger partial charge in [0.25, 0.3) is 0 Å². The molecule has 1 aliphatic carbocycles. The summed E-state index contributed by atoms with van der Waals surface area (Å²) in [6.07, 6.45) is 2.86. The van der Waals surface area contributed by atoms with Crippen LogP contribution >= 0.6 is 0 Å². The minimum absolute atomic E-state index is 0.205. The molecule has 0 aromatic heterocycles. The largest absolute Gasteiger partial charge is 0.384 e. The maximum Gasteiger partial charge on any atom is 0.105 e. The molecule has 1 aromatic carbocycles. The van der Waals surface area contributed by atoms with Crippen molar-refractivity contribution in [1.29, 1.82) is 0 Å². The SMILES string of the molecule is CC(N)C1(O)CCCc2ccccc21. The molecule has 0 amide bonds. The van der Waals surface area contributed by atoms with Gasteiger partial charge in [-0.1, -0.05) is 24.3 Å². The average molecular weight is 191 g/mol. The Bertz CT molecular complexity index is 335. The Kier molecular flexibility index (Phi) is 2.33. The van der Waals surface area contributed by atoms with Gasteiger partial charge in [-0.2, -0.15) is 0 Å². The van der Waals surface area contributed by atoms with Crippen molar-refractivity contribution in [1.82, 2.24) is 0 Å². The summed E-state index contributed by atoms with van der Waals surface area (Å²) in [5.74, 6) is 0. The van der Waals surface area contributed by atoms with Crippen LogP contribution in [0, 0.1) is 0 Å². The van der Waals surface area contributed by atoms with Crippen LogP contribution in [-0.4, -0.2) is 11.1 Å². The predicted molar refractivity (Wildman–Crippen MR) is 56.9 cm³/mol. The molecule has 1 aliphatic rings. The van der Waals surface area contributed by atoms with E-state index in [1.54, 1.807) is 0 Å². The molecular weight excluding hydrogens is 174 g/mol. The standard InChI is InChI=1S/C12H17NO/c1-9(13)12(14)8-4-6-10-5-2-3-7-11(10)12/h2-3,5,7,9,14H,4,6,8,13H2,1H3. The summed E-state index contributed by atoms with van der Waals surface area (Å²) in [6.45, 7) is 1.88. The Morgan fingerprint density at radius 1 is 1.43 bits per heavy atom. The highest BCUT2D eigenvalue weighted by molar-refractivity contribution is 5.35. The second kappa shape index (κ2) is 3.37. The zero-order chi connectivity index (χ0) is 10.2. The predicted octanol–water partition coefficient (Wildman–Crippen LogP) is 1.56. The number of aryl methyl sites for hydroxylation is 1. The van der Waals surface area contributed by atoms with Gasteiger partial charge in [0.2, 0.25) is 0 Å². The molecule has 14 heavy (non-hydrogen) atoms. The van der Waals surface area contributed by atoms with Gasteiger partial charge in [-0.25, -0.2) is 0 Å². The molecule has 0 heterocycles. The van der Waals surface area contributed by atoms with E-state index in [2.05, 4.69) is 6.07 Å². The highest BCUT2D eigenvalue weighted by Gasteiger charge is 2.37. The molecule has 2 rings (SSSR count). The maximum atomic E-state index is 10.5. The van der Waals surface area contributed by atoms with E-state index in [0.717, 1.165) is 24.8 Å². The lowest BCUT2D eigenvalue weighted by Crippen LogP contribution is -2.45. The van der Waals surface area contributed by atoms with Crippen LogP contribution in [0.2, 0.25) is 0 Å². The van der Waals surface area contributed by atoms with Crippen LogP contribution in [0.15, 0.2) is 24.3 Å². The number of aliphatic hydroxyl groups is 1. The fourth-order valence-electron chi connectivity index (χ4n) is 2.32. The van der Waals surface area contributed by atoms with Crippen LogP contribution in [-0.2, 0) is 12.0 Å². The highest BCUT2D eigenvalue weighted by Crippen LogP contribution is 2.36. The second-order valence-electron chi connectivity index (χ2n) is 4.22. The van der Waals surface area contributed by atoms with Gasteiger partial charge in [0.15, 0.2) is 0 Å². The molecule has 0 bridgehead atoms. The van der Waals surface area contributed by atoms with E-state index in [4.69, 9.17) is 5.73 Å². The molecule has 0 fully saturated rings. The summed E-state index contributed by atoms with van der Waals surface area (Å²) in [5, 5.41) is 10.5. The van der Waals surface area contributed by atoms with Gasteiger partial charge in [-0.3, -0.25) is 0 Å². The number of hydrogen-bond acceptors (Lipinski definition) is 2. The Hall–Kier alpha value is -0.860. The minimum Gasteiger partial charge on any atom is -0.384 e. The van der Waals surface area contributed by atoms with Gasteiger partial charge in [0.05, 0.1) is 0 Å². The maximum absolute atomic E-state index is 10.5. The summed E-state index contributed by atoms with van der Waals surface area (Å²) in [4.78, 5) is 0. The molecule has 0 radical (unpaired) electrons. The van der Waals surface area contributed by atoms with E-state index in [-0.39, 0.29) is 6.04 Å². The van der Waals surface area contributed by atoms with Crippen LogP contribution < -0.4 is 5.73 Å². The molecule has 2 atom stereocenters. The van der Waals surface area contributed by atoms with E-state index < -0.39 is 5.60 Å². The zero-order valence-corrected chi connectivity index (χ0v) is 8.53. The summed E-state index contributed by atoms with van der Waals surface area (Å²) in [7, 11) is 0. The van der Waals surface area contributed by atoms with E-state index in [1.807, 2.05) is 25.1 Å². The van der Waals surface area contributed by atoms with Crippen molar-refractivity contribution in [2.24, 2.45) is 5.73 Å². The summed E-state index contributed by atoms with van der Waals surface area (Å²) >= 11 is 0. The fourth-order valence-corrected chi connectivity index (χ4v) is 2.32. The van der Waals surface area contributed by atoms with Crippen LogP contribution in [0.4, 0.5) is 0 Å². The molecule has 0 aliphatic heterocycles. The van der Waals surface area contributed by atoms with Gasteiger partial charge in [0, 0.05) is 6.04 Å². The van der Waals surface area contributed by atoms with Crippen molar-refractivity contribution in [3.8, 4) is 0 Å². The Balaban J connectivity index is 2.50. The van der Waals surface area contributed by atoms with Crippen molar-refractivity contribution < 1.29 is 5.11 Å². The lowest BCUT2D eigenvalue weighted by molar-refractivity contribution is -0.00168. The number of rotatable bonds is 1. The Labute approximate surface area is 84.7 Å². The smallest absolute Gasteiger partial charge is 0.105 e. The lowest BCUT2D eigenvalue weighted by Gasteiger charge is -2.37. The van der Waals surface area contributed by atoms with Crippen molar-refractivity contribution in [3.05, 3.63) is 35.4 Å². The quantitative estimate of drug-likeness (QED) is 0.707. The molecule has 3 N–H and O–H groups in total. The molecule has 2 unspecified atom stereocenters. The third-order valence-corrected chi connectivity index (χ3v) is 3.24. The first-order chi connectivity index (χ1) is 6.64. The van der Waals surface area contributed by atoms with Crippen molar-refractivity contribution in [3.63, 3.8) is 0 Å². The molecule has 76 valence electrons. The Morgan fingerprint density at radius 3 is 2.86 bits per heavy atom. The molecule has 2 heteroatoms. The fraction of sp³-hybridized carbons (Fsp3) is 0.500. The van der Waals surface area contributed by atoms with Gasteiger partial charge in [-0.15, -0.1) is 0 Å². The van der Waals surface area contributed by atoms with Gasteiger partial charge < -0.3 is 10.8 Å². The number of benzene rings is 1. The van der Waals surface area contributed by atoms with Crippen LogP contribution in [0.5, 0.6) is 0 Å². The molecule has 2 nitrogen and oxygen atoms in total. The minimum atomic E-state index is -0.811. The van der Waals surface area contributed by atoms with Crippen LogP contribution in [0.3, 0.4) is 0 Å². The van der Waals surface area contributed by atoms with Crippen LogP contribution in [0.1, 0.15) is 30.9 Å². The summed E-state index contributed by atoms with van der Waals surface area (Å²) in [6, 6.07) is 7.87. The van der Waals surface area contributed by atoms with Crippen molar-refractivity contribution >= 4 is 0 Å². The topological polar surface area (TPSA) is 46.2 Å². The zero-order valence-electron chi connectivity index (χ0n) is 8.53. The molecule has 1 aromatic rings. The molecule has 0 saturated heterocycles. The van der Waals surface area contributed by atoms with Crippen molar-refractivity contribution in [2.75, 3.05) is 0 Å². The van der Waals surface area contributed by atoms with E-state index in [9.17, 15) is 5.11 Å². The van der Waals surface area contributed by atoms with E-state index in [0.29, 0.717) is 0 Å². The molecule has 0 saturated carbocycles. The third-order valence-electron chi connectivity index (χ3n) is 3.24. The van der Waals surface area contributed by atoms with Crippen molar-refractivity contribution in [2.45, 2.75) is 37.8 Å². The first-order valence-electron chi connectivity index (χ1n) is 5.21. The normalized spacial score (nSPS) is 28.2. The average Bonchev–Trinajstić information content (AvgIpc) is 2.18. The second-order valence-corrected chi connectivity index (χ2v) is 4.22. The van der Waals surface area contributed by atoms with Gasteiger partial charge >= 0.3 is 0 Å². The first-order valence-corrected chi connectivity index (χ1v) is 5.21. The molecular formula is C12H17NO. The van der Waals surface area contributed by atoms with Crippen LogP contribution in [0.25, 0.3) is 0 Å². The Morgan fingerprint density at radius 2 is 2.14 bits per heavy atom. The lowest BCUT2D eigenvalue weighted by atomic mass is 9.75. The monoisotopic (exact) mass is 191 g/mol.